The van der Waals surface area contributed by atoms with Crippen molar-refractivity contribution in [3.05, 3.63) is 71.8 Å². The summed E-state index contributed by atoms with van der Waals surface area (Å²) >= 11 is 0. The molecule has 0 aromatic heterocycles. The van der Waals surface area contributed by atoms with Crippen LogP contribution < -0.4 is 5.32 Å². The van der Waals surface area contributed by atoms with Gasteiger partial charge in [0.05, 0.1) is 0 Å². The van der Waals surface area contributed by atoms with Gasteiger partial charge >= 0.3 is 5.97 Å². The van der Waals surface area contributed by atoms with E-state index in [1.165, 1.54) is 13.0 Å². The minimum atomic E-state index is -1.02. The first-order valence-electron chi connectivity index (χ1n) is 9.73. The van der Waals surface area contributed by atoms with Gasteiger partial charge in [-0.25, -0.2) is 4.79 Å². The van der Waals surface area contributed by atoms with Crippen molar-refractivity contribution in [3.63, 3.8) is 0 Å². The van der Waals surface area contributed by atoms with Crippen LogP contribution in [-0.2, 0) is 9.53 Å². The number of carbonyl (C=O) groups excluding carboxylic acids is 2. The van der Waals surface area contributed by atoms with Gasteiger partial charge in [-0.1, -0.05) is 56.3 Å². The predicted octanol–water partition coefficient (Wildman–Crippen LogP) is 5.24. The zero-order chi connectivity index (χ0) is 21.0. The predicted molar refractivity (Wildman–Crippen MR) is 114 cm³/mol. The molecule has 2 atom stereocenters. The number of phenolic OH excluding ortho intramolecular Hbond substituents is 1. The second-order valence-electron chi connectivity index (χ2n) is 7.15. The normalized spacial score (nSPS) is 12.9. The van der Waals surface area contributed by atoms with Crippen LogP contribution in [0.5, 0.6) is 5.75 Å². The number of ether oxygens (including phenoxy) is 1. The maximum atomic E-state index is 12.6. The lowest BCUT2D eigenvalue weighted by Gasteiger charge is -2.18. The molecule has 0 unspecified atom stereocenters. The summed E-state index contributed by atoms with van der Waals surface area (Å²) in [5.41, 5.74) is 1.78. The number of anilines is 1. The molecule has 0 saturated carbocycles. The molecule has 0 fully saturated rings. The molecule has 2 N–H and O–H groups in total. The molecule has 0 radical (unpaired) electrons. The molecule has 0 bridgehead atoms. The van der Waals surface area contributed by atoms with Crippen molar-refractivity contribution < 1.29 is 19.4 Å². The van der Waals surface area contributed by atoms with Crippen molar-refractivity contribution in [1.82, 2.24) is 0 Å². The number of amides is 1. The van der Waals surface area contributed by atoms with Gasteiger partial charge in [-0.3, -0.25) is 4.79 Å². The maximum absolute atomic E-state index is 12.6. The second-order valence-corrected chi connectivity index (χ2v) is 7.15. The van der Waals surface area contributed by atoms with Crippen molar-refractivity contribution in [2.24, 2.45) is 0 Å². The molecule has 29 heavy (non-hydrogen) atoms. The van der Waals surface area contributed by atoms with E-state index in [-0.39, 0.29) is 11.3 Å². The lowest BCUT2D eigenvalue weighted by atomic mass is 9.97. The molecule has 0 spiro atoms. The molecule has 3 aromatic carbocycles. The van der Waals surface area contributed by atoms with E-state index in [1.807, 2.05) is 48.5 Å². The van der Waals surface area contributed by atoms with E-state index in [9.17, 15) is 14.7 Å². The van der Waals surface area contributed by atoms with Gasteiger partial charge in [0.25, 0.3) is 5.91 Å². The van der Waals surface area contributed by atoms with Gasteiger partial charge in [0.1, 0.15) is 11.3 Å². The summed E-state index contributed by atoms with van der Waals surface area (Å²) in [7, 11) is 0. The van der Waals surface area contributed by atoms with Crippen LogP contribution in [-0.4, -0.2) is 23.1 Å². The number of hydrogen-bond acceptors (Lipinski definition) is 4. The fraction of sp³-hybridized carbons (Fsp3) is 0.250. The molecule has 5 heteroatoms. The Morgan fingerprint density at radius 3 is 2.31 bits per heavy atom. The van der Waals surface area contributed by atoms with Gasteiger partial charge in [0.15, 0.2) is 6.10 Å². The van der Waals surface area contributed by atoms with Crippen LogP contribution in [0.3, 0.4) is 0 Å². The highest BCUT2D eigenvalue weighted by Crippen LogP contribution is 2.28. The van der Waals surface area contributed by atoms with Crippen LogP contribution >= 0.6 is 0 Å². The highest BCUT2D eigenvalue weighted by Gasteiger charge is 2.22. The number of fused-ring (bicyclic) bond motifs is 1. The summed E-state index contributed by atoms with van der Waals surface area (Å²) in [6.07, 6.45) is -0.0723. The van der Waals surface area contributed by atoms with Crippen molar-refractivity contribution >= 4 is 28.3 Å². The standard InChI is InChI=1S/C24H25NO4/c1-4-15(2)19-11-7-8-12-21(19)25-23(27)16(3)29-24(28)20-13-17-9-5-6-10-18(17)14-22(20)26/h5-16,26H,4H2,1-3H3,(H,25,27)/t15-,16+/m0/s1. The largest absolute Gasteiger partial charge is 0.507 e. The van der Waals surface area contributed by atoms with Crippen LogP contribution in [0.2, 0.25) is 0 Å². The Labute approximate surface area is 170 Å². The van der Waals surface area contributed by atoms with Gasteiger partial charge in [-0.05, 0) is 53.8 Å². The van der Waals surface area contributed by atoms with E-state index in [2.05, 4.69) is 19.2 Å². The van der Waals surface area contributed by atoms with Gasteiger partial charge in [-0.2, -0.15) is 0 Å². The van der Waals surface area contributed by atoms with Gasteiger partial charge in [-0.15, -0.1) is 0 Å². The number of hydrogen-bond donors (Lipinski definition) is 2. The second kappa shape index (κ2) is 8.78. The molecule has 0 aliphatic heterocycles. The summed E-state index contributed by atoms with van der Waals surface area (Å²) in [5.74, 6) is -1.05. The third-order valence-corrected chi connectivity index (χ3v) is 5.10. The zero-order valence-corrected chi connectivity index (χ0v) is 16.8. The minimum absolute atomic E-state index is 0.0309. The molecule has 0 aliphatic carbocycles. The van der Waals surface area contributed by atoms with Gasteiger partial charge < -0.3 is 15.2 Å². The Balaban J connectivity index is 1.73. The van der Waals surface area contributed by atoms with E-state index in [1.54, 1.807) is 6.07 Å². The van der Waals surface area contributed by atoms with Crippen LogP contribution in [0.1, 0.15) is 49.0 Å². The van der Waals surface area contributed by atoms with Crippen molar-refractivity contribution in [2.45, 2.75) is 39.2 Å². The summed E-state index contributed by atoms with van der Waals surface area (Å²) < 4.78 is 5.32. The monoisotopic (exact) mass is 391 g/mol. The molecule has 0 heterocycles. The number of carbonyl (C=O) groups is 2. The Hall–Kier alpha value is -3.34. The van der Waals surface area contributed by atoms with Crippen LogP contribution in [0.25, 0.3) is 10.8 Å². The SMILES string of the molecule is CC[C@H](C)c1ccccc1NC(=O)[C@@H](C)OC(=O)c1cc2ccccc2cc1O. The molecular formula is C24H25NO4. The molecule has 5 nitrogen and oxygen atoms in total. The number of benzene rings is 3. The van der Waals surface area contributed by atoms with E-state index in [0.29, 0.717) is 11.6 Å². The lowest BCUT2D eigenvalue weighted by Crippen LogP contribution is -2.30. The van der Waals surface area contributed by atoms with E-state index >= 15 is 0 Å². The van der Waals surface area contributed by atoms with Crippen LogP contribution in [0.4, 0.5) is 5.69 Å². The smallest absolute Gasteiger partial charge is 0.342 e. The van der Waals surface area contributed by atoms with E-state index < -0.39 is 18.0 Å². The molecule has 150 valence electrons. The van der Waals surface area contributed by atoms with Crippen molar-refractivity contribution in [3.8, 4) is 5.75 Å². The maximum Gasteiger partial charge on any atom is 0.342 e. The Kier molecular flexibility index (Phi) is 6.17. The third kappa shape index (κ3) is 4.57. The number of rotatable bonds is 6. The summed E-state index contributed by atoms with van der Waals surface area (Å²) in [5, 5.41) is 14.7. The van der Waals surface area contributed by atoms with E-state index in [0.717, 1.165) is 22.8 Å². The first-order chi connectivity index (χ1) is 13.9. The summed E-state index contributed by atoms with van der Waals surface area (Å²) in [4.78, 5) is 25.1. The van der Waals surface area contributed by atoms with Crippen molar-refractivity contribution in [1.29, 1.82) is 0 Å². The Bertz CT molecular complexity index is 1040. The van der Waals surface area contributed by atoms with Gasteiger partial charge in [0.2, 0.25) is 0 Å². The lowest BCUT2D eigenvalue weighted by molar-refractivity contribution is -0.123. The quantitative estimate of drug-likeness (QED) is 0.563. The molecule has 1 amide bonds. The zero-order valence-electron chi connectivity index (χ0n) is 16.8. The average Bonchev–Trinajstić information content (AvgIpc) is 2.72. The molecule has 0 saturated heterocycles. The average molecular weight is 391 g/mol. The molecule has 3 rings (SSSR count). The number of phenols is 1. The number of esters is 1. The molecule has 0 aliphatic rings. The topological polar surface area (TPSA) is 75.6 Å². The van der Waals surface area contributed by atoms with Crippen LogP contribution in [0, 0.1) is 0 Å². The summed E-state index contributed by atoms with van der Waals surface area (Å²) in [6, 6.07) is 18.1. The Morgan fingerprint density at radius 2 is 1.62 bits per heavy atom. The fourth-order valence-corrected chi connectivity index (χ4v) is 3.16. The van der Waals surface area contributed by atoms with Crippen LogP contribution in [0.15, 0.2) is 60.7 Å². The Morgan fingerprint density at radius 1 is 1.00 bits per heavy atom. The van der Waals surface area contributed by atoms with E-state index in [4.69, 9.17) is 4.74 Å². The van der Waals surface area contributed by atoms with Crippen molar-refractivity contribution in [2.75, 3.05) is 5.32 Å². The number of para-hydroxylation sites is 1. The number of nitrogens with one attached hydrogen (secondary N) is 1. The first-order valence-corrected chi connectivity index (χ1v) is 9.73. The molecular weight excluding hydrogens is 366 g/mol. The highest BCUT2D eigenvalue weighted by molar-refractivity contribution is 6.01. The first kappa shape index (κ1) is 20.4. The highest BCUT2D eigenvalue weighted by atomic mass is 16.5. The minimum Gasteiger partial charge on any atom is -0.507 e. The fourth-order valence-electron chi connectivity index (χ4n) is 3.16. The molecule has 3 aromatic rings. The summed E-state index contributed by atoms with van der Waals surface area (Å²) in [6.45, 7) is 5.69. The number of aromatic hydroxyl groups is 1. The van der Waals surface area contributed by atoms with Gasteiger partial charge in [0, 0.05) is 5.69 Å². The third-order valence-electron chi connectivity index (χ3n) is 5.10.